The molecular formula is C15H22F2N4. The first-order chi connectivity index (χ1) is 10.2. The first kappa shape index (κ1) is 14.5. The fourth-order valence-corrected chi connectivity index (χ4v) is 3.45. The van der Waals surface area contributed by atoms with Crippen molar-refractivity contribution in [2.45, 2.75) is 44.7 Å². The number of hydrogen-bond acceptors (Lipinski definition) is 4. The molecule has 2 aliphatic heterocycles. The first-order valence-corrected chi connectivity index (χ1v) is 7.79. The van der Waals surface area contributed by atoms with Gasteiger partial charge in [0.05, 0.1) is 0 Å². The van der Waals surface area contributed by atoms with Gasteiger partial charge in [-0.3, -0.25) is 4.90 Å². The van der Waals surface area contributed by atoms with Crippen LogP contribution in [-0.4, -0.2) is 41.6 Å². The maximum Gasteiger partial charge on any atom is 0.168 e. The van der Waals surface area contributed by atoms with Gasteiger partial charge in [0.1, 0.15) is 0 Å². The highest BCUT2D eigenvalue weighted by Gasteiger charge is 2.36. The van der Waals surface area contributed by atoms with Crippen LogP contribution < -0.4 is 10.6 Å². The van der Waals surface area contributed by atoms with Crippen LogP contribution in [0.4, 0.5) is 20.4 Å². The summed E-state index contributed by atoms with van der Waals surface area (Å²) >= 11 is 0. The van der Waals surface area contributed by atoms with Gasteiger partial charge in [0, 0.05) is 31.2 Å². The van der Waals surface area contributed by atoms with E-state index in [9.17, 15) is 8.78 Å². The van der Waals surface area contributed by atoms with Crippen molar-refractivity contribution in [3.05, 3.63) is 17.7 Å². The van der Waals surface area contributed by atoms with Crippen LogP contribution in [0, 0.1) is 11.6 Å². The Hall–Kier alpha value is -1.43. The van der Waals surface area contributed by atoms with E-state index < -0.39 is 11.6 Å². The van der Waals surface area contributed by atoms with E-state index in [2.05, 4.69) is 20.5 Å². The van der Waals surface area contributed by atoms with Gasteiger partial charge in [-0.1, -0.05) is 6.42 Å². The zero-order valence-electron chi connectivity index (χ0n) is 12.3. The second-order valence-corrected chi connectivity index (χ2v) is 5.82. The number of rotatable bonds is 4. The van der Waals surface area contributed by atoms with Crippen molar-refractivity contribution in [2.24, 2.45) is 0 Å². The summed E-state index contributed by atoms with van der Waals surface area (Å²) < 4.78 is 27.5. The van der Waals surface area contributed by atoms with Crippen molar-refractivity contribution in [2.75, 3.05) is 30.3 Å². The van der Waals surface area contributed by atoms with E-state index >= 15 is 0 Å². The molecule has 0 spiro atoms. The molecule has 1 aromatic rings. The Morgan fingerprint density at radius 2 is 2.00 bits per heavy atom. The lowest BCUT2D eigenvalue weighted by Crippen LogP contribution is -2.42. The predicted octanol–water partition coefficient (Wildman–Crippen LogP) is 2.83. The molecule has 0 amide bonds. The minimum Gasteiger partial charge on any atom is -0.368 e. The Labute approximate surface area is 123 Å². The Morgan fingerprint density at radius 3 is 2.81 bits per heavy atom. The van der Waals surface area contributed by atoms with E-state index in [4.69, 9.17) is 0 Å². The zero-order valence-corrected chi connectivity index (χ0v) is 12.3. The van der Waals surface area contributed by atoms with E-state index in [0.29, 0.717) is 12.6 Å². The SMILES string of the molecule is CCNc1nc(NC2CCN3CCCCC23)c(F)cc1F. The number of halogens is 2. The van der Waals surface area contributed by atoms with Gasteiger partial charge in [-0.05, 0) is 32.7 Å². The van der Waals surface area contributed by atoms with Crippen molar-refractivity contribution in [1.29, 1.82) is 0 Å². The topological polar surface area (TPSA) is 40.2 Å². The Morgan fingerprint density at radius 1 is 1.19 bits per heavy atom. The quantitative estimate of drug-likeness (QED) is 0.896. The van der Waals surface area contributed by atoms with Crippen LogP contribution in [0.5, 0.6) is 0 Å². The van der Waals surface area contributed by atoms with Gasteiger partial charge >= 0.3 is 0 Å². The standard InChI is InChI=1S/C15H22F2N4/c1-2-18-14-10(16)9-11(17)15(20-14)19-12-6-8-21-7-4-3-5-13(12)21/h9,12-13H,2-8H2,1H3,(H2,18,19,20). The lowest BCUT2D eigenvalue weighted by Gasteiger charge is -2.32. The van der Waals surface area contributed by atoms with Crippen molar-refractivity contribution < 1.29 is 8.78 Å². The average molecular weight is 296 g/mol. The molecule has 1 aromatic heterocycles. The third kappa shape index (κ3) is 2.95. The maximum atomic E-state index is 13.9. The minimum absolute atomic E-state index is 0.111. The highest BCUT2D eigenvalue weighted by atomic mass is 19.1. The van der Waals surface area contributed by atoms with Gasteiger partial charge in [-0.2, -0.15) is 0 Å². The Balaban J connectivity index is 1.76. The van der Waals surface area contributed by atoms with Crippen molar-refractivity contribution >= 4 is 11.6 Å². The molecule has 2 unspecified atom stereocenters. The van der Waals surface area contributed by atoms with Gasteiger partial charge in [-0.25, -0.2) is 13.8 Å². The van der Waals surface area contributed by atoms with Crippen molar-refractivity contribution in [1.82, 2.24) is 9.88 Å². The summed E-state index contributed by atoms with van der Waals surface area (Å²) in [5, 5.41) is 6.02. The summed E-state index contributed by atoms with van der Waals surface area (Å²) in [7, 11) is 0. The number of anilines is 2. The van der Waals surface area contributed by atoms with Gasteiger partial charge in [0.2, 0.25) is 0 Å². The summed E-state index contributed by atoms with van der Waals surface area (Å²) in [4.78, 5) is 6.54. The second-order valence-electron chi connectivity index (χ2n) is 5.82. The molecule has 6 heteroatoms. The molecule has 116 valence electrons. The molecule has 2 fully saturated rings. The summed E-state index contributed by atoms with van der Waals surface area (Å²) in [6, 6.07) is 1.56. The van der Waals surface area contributed by atoms with E-state index in [1.54, 1.807) is 0 Å². The van der Waals surface area contributed by atoms with Crippen LogP contribution in [-0.2, 0) is 0 Å². The van der Waals surface area contributed by atoms with Crippen molar-refractivity contribution in [3.8, 4) is 0 Å². The molecular weight excluding hydrogens is 274 g/mol. The second kappa shape index (κ2) is 6.13. The van der Waals surface area contributed by atoms with Crippen LogP contribution in [0.25, 0.3) is 0 Å². The normalized spacial score (nSPS) is 25.7. The molecule has 0 aromatic carbocycles. The molecule has 3 rings (SSSR count). The summed E-state index contributed by atoms with van der Waals surface area (Å²) in [5.74, 6) is -1.00. The monoisotopic (exact) mass is 296 g/mol. The van der Waals surface area contributed by atoms with Crippen LogP contribution in [0.1, 0.15) is 32.6 Å². The fraction of sp³-hybridized carbons (Fsp3) is 0.667. The van der Waals surface area contributed by atoms with E-state index in [1.165, 1.54) is 12.8 Å². The molecule has 2 N–H and O–H groups in total. The molecule has 0 radical (unpaired) electrons. The van der Waals surface area contributed by atoms with Crippen LogP contribution in [0.3, 0.4) is 0 Å². The number of hydrogen-bond donors (Lipinski definition) is 2. The lowest BCUT2D eigenvalue weighted by atomic mass is 9.99. The number of aromatic nitrogens is 1. The lowest BCUT2D eigenvalue weighted by molar-refractivity contribution is 0.192. The number of fused-ring (bicyclic) bond motifs is 1. The molecule has 2 saturated heterocycles. The molecule has 4 nitrogen and oxygen atoms in total. The Kier molecular flexibility index (Phi) is 4.24. The number of nitrogens with zero attached hydrogens (tertiary/aromatic N) is 2. The molecule has 2 aliphatic rings. The van der Waals surface area contributed by atoms with Crippen LogP contribution in [0.15, 0.2) is 6.07 Å². The van der Waals surface area contributed by atoms with E-state index in [1.807, 2.05) is 6.92 Å². The average Bonchev–Trinajstić information content (AvgIpc) is 2.88. The first-order valence-electron chi connectivity index (χ1n) is 7.79. The molecule has 0 aliphatic carbocycles. The fourth-order valence-electron chi connectivity index (χ4n) is 3.45. The third-order valence-corrected chi connectivity index (χ3v) is 4.45. The van der Waals surface area contributed by atoms with Crippen molar-refractivity contribution in [3.63, 3.8) is 0 Å². The summed E-state index contributed by atoms with van der Waals surface area (Å²) in [5.41, 5.74) is 0. The number of pyridine rings is 1. The zero-order chi connectivity index (χ0) is 14.8. The number of piperidine rings is 1. The van der Waals surface area contributed by atoms with Crippen LogP contribution in [0.2, 0.25) is 0 Å². The molecule has 0 bridgehead atoms. The highest BCUT2D eigenvalue weighted by Crippen LogP contribution is 2.30. The van der Waals surface area contributed by atoms with Gasteiger partial charge in [-0.15, -0.1) is 0 Å². The van der Waals surface area contributed by atoms with Gasteiger partial charge in [0.25, 0.3) is 0 Å². The number of nitrogens with one attached hydrogen (secondary N) is 2. The van der Waals surface area contributed by atoms with E-state index in [-0.39, 0.29) is 17.7 Å². The predicted molar refractivity (Wildman–Crippen MR) is 79.6 cm³/mol. The molecule has 0 saturated carbocycles. The van der Waals surface area contributed by atoms with Gasteiger partial charge in [0.15, 0.2) is 23.3 Å². The van der Waals surface area contributed by atoms with Gasteiger partial charge < -0.3 is 10.6 Å². The molecule has 3 heterocycles. The summed E-state index contributed by atoms with van der Waals surface area (Å²) in [6.07, 6.45) is 4.60. The minimum atomic E-state index is -0.648. The van der Waals surface area contributed by atoms with Crippen LogP contribution >= 0.6 is 0 Å². The molecule has 2 atom stereocenters. The van der Waals surface area contributed by atoms with E-state index in [0.717, 1.165) is 32.0 Å². The molecule has 21 heavy (non-hydrogen) atoms. The summed E-state index contributed by atoms with van der Waals surface area (Å²) in [6.45, 7) is 4.58. The Bertz CT molecular complexity index is 509. The maximum absolute atomic E-state index is 13.9. The smallest absolute Gasteiger partial charge is 0.168 e. The largest absolute Gasteiger partial charge is 0.368 e. The highest BCUT2D eigenvalue weighted by molar-refractivity contribution is 5.48. The third-order valence-electron chi connectivity index (χ3n) is 4.45.